The molecule has 1 rings (SSSR count). The maximum absolute atomic E-state index is 3.67. The topological polar surface area (TPSA) is 15.3 Å². The summed E-state index contributed by atoms with van der Waals surface area (Å²) in [7, 11) is 0. The van der Waals surface area contributed by atoms with Crippen LogP contribution in [0.25, 0.3) is 0 Å². The molecular formula is C13H28N2. The van der Waals surface area contributed by atoms with Crippen LogP contribution in [0.5, 0.6) is 0 Å². The Kier molecular flexibility index (Phi) is 5.62. The molecule has 0 aliphatic carbocycles. The van der Waals surface area contributed by atoms with Gasteiger partial charge in [0.25, 0.3) is 0 Å². The van der Waals surface area contributed by atoms with Gasteiger partial charge >= 0.3 is 0 Å². The van der Waals surface area contributed by atoms with Crippen LogP contribution in [-0.2, 0) is 0 Å². The summed E-state index contributed by atoms with van der Waals surface area (Å²) in [5, 5.41) is 3.67. The molecule has 0 aromatic carbocycles. The van der Waals surface area contributed by atoms with Crippen molar-refractivity contribution in [3.8, 4) is 0 Å². The van der Waals surface area contributed by atoms with E-state index < -0.39 is 0 Å². The second kappa shape index (κ2) is 6.49. The van der Waals surface area contributed by atoms with E-state index in [2.05, 4.69) is 37.9 Å². The molecule has 1 aliphatic rings. The standard InChI is InChI=1S/C13H28N2/c1-5-15-8-6-13(7-9-15)12(4)14-10-11(2)3/h11-14H,5-10H2,1-4H3. The summed E-state index contributed by atoms with van der Waals surface area (Å²) in [6.45, 7) is 14.2. The van der Waals surface area contributed by atoms with Crippen molar-refractivity contribution >= 4 is 0 Å². The van der Waals surface area contributed by atoms with Crippen molar-refractivity contribution in [2.75, 3.05) is 26.2 Å². The number of hydrogen-bond donors (Lipinski definition) is 1. The average molecular weight is 212 g/mol. The van der Waals surface area contributed by atoms with Crippen molar-refractivity contribution in [1.29, 1.82) is 0 Å². The predicted molar refractivity (Wildman–Crippen MR) is 67.1 cm³/mol. The lowest BCUT2D eigenvalue weighted by Crippen LogP contribution is -2.42. The zero-order valence-electron chi connectivity index (χ0n) is 10.9. The summed E-state index contributed by atoms with van der Waals surface area (Å²) < 4.78 is 0. The third kappa shape index (κ3) is 4.52. The van der Waals surface area contributed by atoms with Crippen molar-refractivity contribution in [3.63, 3.8) is 0 Å². The van der Waals surface area contributed by atoms with Crippen molar-refractivity contribution in [1.82, 2.24) is 10.2 Å². The van der Waals surface area contributed by atoms with Gasteiger partial charge < -0.3 is 10.2 Å². The van der Waals surface area contributed by atoms with Crippen molar-refractivity contribution < 1.29 is 0 Å². The SMILES string of the molecule is CCN1CCC(C(C)NCC(C)C)CC1. The normalized spacial score (nSPS) is 22.2. The quantitative estimate of drug-likeness (QED) is 0.752. The molecule has 1 heterocycles. The predicted octanol–water partition coefficient (Wildman–Crippen LogP) is 2.35. The Hall–Kier alpha value is -0.0800. The van der Waals surface area contributed by atoms with Gasteiger partial charge in [0.1, 0.15) is 0 Å². The second-order valence-corrected chi connectivity index (χ2v) is 5.36. The lowest BCUT2D eigenvalue weighted by molar-refractivity contribution is 0.168. The number of rotatable bonds is 5. The minimum Gasteiger partial charge on any atom is -0.314 e. The molecule has 1 unspecified atom stereocenters. The minimum atomic E-state index is 0.700. The van der Waals surface area contributed by atoms with Gasteiger partial charge in [-0.2, -0.15) is 0 Å². The maximum atomic E-state index is 3.67. The van der Waals surface area contributed by atoms with E-state index in [0.29, 0.717) is 6.04 Å². The Morgan fingerprint density at radius 1 is 1.20 bits per heavy atom. The summed E-state index contributed by atoms with van der Waals surface area (Å²) in [6, 6.07) is 0.700. The number of piperidine rings is 1. The number of nitrogens with one attached hydrogen (secondary N) is 1. The zero-order chi connectivity index (χ0) is 11.3. The van der Waals surface area contributed by atoms with Crippen LogP contribution in [0.1, 0.15) is 40.5 Å². The molecular weight excluding hydrogens is 184 g/mol. The van der Waals surface area contributed by atoms with E-state index in [4.69, 9.17) is 0 Å². The van der Waals surface area contributed by atoms with Crippen LogP contribution in [0.4, 0.5) is 0 Å². The monoisotopic (exact) mass is 212 g/mol. The smallest absolute Gasteiger partial charge is 0.00680 e. The highest BCUT2D eigenvalue weighted by Gasteiger charge is 2.22. The molecule has 0 bridgehead atoms. The molecule has 0 saturated carbocycles. The molecule has 2 heteroatoms. The lowest BCUT2D eigenvalue weighted by atomic mass is 9.90. The van der Waals surface area contributed by atoms with Crippen LogP contribution in [0, 0.1) is 11.8 Å². The molecule has 1 fully saturated rings. The molecule has 90 valence electrons. The Morgan fingerprint density at radius 2 is 1.80 bits per heavy atom. The number of likely N-dealkylation sites (tertiary alicyclic amines) is 1. The van der Waals surface area contributed by atoms with Crippen LogP contribution in [0.2, 0.25) is 0 Å². The maximum Gasteiger partial charge on any atom is 0.00680 e. The molecule has 0 amide bonds. The van der Waals surface area contributed by atoms with Gasteiger partial charge in [-0.1, -0.05) is 20.8 Å². The fourth-order valence-electron chi connectivity index (χ4n) is 2.36. The van der Waals surface area contributed by atoms with E-state index >= 15 is 0 Å². The van der Waals surface area contributed by atoms with E-state index in [0.717, 1.165) is 18.4 Å². The largest absolute Gasteiger partial charge is 0.314 e. The molecule has 0 radical (unpaired) electrons. The van der Waals surface area contributed by atoms with E-state index in [1.54, 1.807) is 0 Å². The summed E-state index contributed by atoms with van der Waals surface area (Å²) in [5.74, 6) is 1.66. The van der Waals surface area contributed by atoms with Crippen molar-refractivity contribution in [3.05, 3.63) is 0 Å². The number of nitrogens with zero attached hydrogens (tertiary/aromatic N) is 1. The molecule has 15 heavy (non-hydrogen) atoms. The lowest BCUT2D eigenvalue weighted by Gasteiger charge is -2.34. The van der Waals surface area contributed by atoms with E-state index in [-0.39, 0.29) is 0 Å². The molecule has 1 aliphatic heterocycles. The van der Waals surface area contributed by atoms with Gasteiger partial charge in [0, 0.05) is 6.04 Å². The Bertz CT molecular complexity index is 160. The van der Waals surface area contributed by atoms with Gasteiger partial charge in [-0.05, 0) is 57.8 Å². The third-order valence-corrected chi connectivity index (χ3v) is 3.63. The highest BCUT2D eigenvalue weighted by atomic mass is 15.1. The molecule has 1 saturated heterocycles. The van der Waals surface area contributed by atoms with Crippen LogP contribution in [0.3, 0.4) is 0 Å². The van der Waals surface area contributed by atoms with E-state index in [1.807, 2.05) is 0 Å². The van der Waals surface area contributed by atoms with Crippen LogP contribution in [-0.4, -0.2) is 37.1 Å². The van der Waals surface area contributed by atoms with Crippen molar-refractivity contribution in [2.24, 2.45) is 11.8 Å². The molecule has 0 aromatic rings. The minimum absolute atomic E-state index is 0.700. The highest BCUT2D eigenvalue weighted by molar-refractivity contribution is 4.79. The number of hydrogen-bond acceptors (Lipinski definition) is 2. The van der Waals surface area contributed by atoms with Crippen LogP contribution in [0.15, 0.2) is 0 Å². The molecule has 2 nitrogen and oxygen atoms in total. The molecule has 0 spiro atoms. The first kappa shape index (κ1) is 13.0. The Labute approximate surface area is 95.4 Å². The van der Waals surface area contributed by atoms with Gasteiger partial charge in [-0.3, -0.25) is 0 Å². The van der Waals surface area contributed by atoms with Crippen LogP contribution < -0.4 is 5.32 Å². The Morgan fingerprint density at radius 3 is 2.27 bits per heavy atom. The van der Waals surface area contributed by atoms with E-state index in [1.165, 1.54) is 32.5 Å². The van der Waals surface area contributed by atoms with Gasteiger partial charge in [0.15, 0.2) is 0 Å². The molecule has 1 atom stereocenters. The summed E-state index contributed by atoms with van der Waals surface area (Å²) >= 11 is 0. The fraction of sp³-hybridized carbons (Fsp3) is 1.00. The Balaban J connectivity index is 2.20. The van der Waals surface area contributed by atoms with Gasteiger partial charge in [0.2, 0.25) is 0 Å². The molecule has 1 N–H and O–H groups in total. The summed E-state index contributed by atoms with van der Waals surface area (Å²) in [5.41, 5.74) is 0. The van der Waals surface area contributed by atoms with Crippen LogP contribution >= 0.6 is 0 Å². The zero-order valence-corrected chi connectivity index (χ0v) is 10.9. The van der Waals surface area contributed by atoms with Gasteiger partial charge in [0.05, 0.1) is 0 Å². The van der Waals surface area contributed by atoms with Crippen molar-refractivity contribution in [2.45, 2.75) is 46.6 Å². The summed E-state index contributed by atoms with van der Waals surface area (Å²) in [6.07, 6.45) is 2.75. The first-order valence-electron chi connectivity index (χ1n) is 6.59. The summed E-state index contributed by atoms with van der Waals surface area (Å²) in [4.78, 5) is 2.56. The second-order valence-electron chi connectivity index (χ2n) is 5.36. The van der Waals surface area contributed by atoms with E-state index in [9.17, 15) is 0 Å². The third-order valence-electron chi connectivity index (χ3n) is 3.63. The first-order valence-corrected chi connectivity index (χ1v) is 6.59. The highest BCUT2D eigenvalue weighted by Crippen LogP contribution is 2.20. The molecule has 0 aromatic heterocycles. The van der Waals surface area contributed by atoms with Gasteiger partial charge in [-0.15, -0.1) is 0 Å². The average Bonchev–Trinajstić information content (AvgIpc) is 2.26. The fourth-order valence-corrected chi connectivity index (χ4v) is 2.36. The first-order chi connectivity index (χ1) is 7.13. The van der Waals surface area contributed by atoms with Gasteiger partial charge in [-0.25, -0.2) is 0 Å².